The highest BCUT2D eigenvalue weighted by Crippen LogP contribution is 2.27. The first kappa shape index (κ1) is 15.7. The molecule has 0 amide bonds. The van der Waals surface area contributed by atoms with E-state index in [0.717, 1.165) is 24.6 Å². The fourth-order valence-corrected chi connectivity index (χ4v) is 2.49. The van der Waals surface area contributed by atoms with E-state index in [1.165, 1.54) is 16.0 Å². The molecule has 0 aromatic heterocycles. The summed E-state index contributed by atoms with van der Waals surface area (Å²) in [5.41, 5.74) is 2.46. The van der Waals surface area contributed by atoms with Crippen LogP contribution in [-0.2, 0) is 13.1 Å². The van der Waals surface area contributed by atoms with Gasteiger partial charge in [0.1, 0.15) is 0 Å². The van der Waals surface area contributed by atoms with Gasteiger partial charge in [0.25, 0.3) is 0 Å². The summed E-state index contributed by atoms with van der Waals surface area (Å²) in [5.74, 6) is 1.52. The maximum Gasteiger partial charge on any atom is 0.161 e. The molecule has 0 fully saturated rings. The van der Waals surface area contributed by atoms with Crippen LogP contribution in [0.1, 0.15) is 11.1 Å². The number of hydrogen-bond donors (Lipinski definition) is 1. The summed E-state index contributed by atoms with van der Waals surface area (Å²) in [6.07, 6.45) is 2.09. The van der Waals surface area contributed by atoms with Crippen molar-refractivity contribution in [3.63, 3.8) is 0 Å². The molecular weight excluding hydrogens is 282 g/mol. The Morgan fingerprint density at radius 3 is 2.10 bits per heavy atom. The third kappa shape index (κ3) is 4.41. The highest BCUT2D eigenvalue weighted by Gasteiger charge is 2.04. The van der Waals surface area contributed by atoms with E-state index in [-0.39, 0.29) is 0 Å². The molecule has 4 heteroatoms. The van der Waals surface area contributed by atoms with Crippen LogP contribution in [0.2, 0.25) is 0 Å². The molecule has 0 aliphatic rings. The van der Waals surface area contributed by atoms with Crippen LogP contribution in [0.15, 0.2) is 47.4 Å². The molecule has 2 aromatic rings. The third-order valence-electron chi connectivity index (χ3n) is 3.27. The zero-order chi connectivity index (χ0) is 15.1. The quantitative estimate of drug-likeness (QED) is 0.790. The fourth-order valence-electron chi connectivity index (χ4n) is 2.09. The Morgan fingerprint density at radius 2 is 1.48 bits per heavy atom. The minimum atomic E-state index is 0.758. The van der Waals surface area contributed by atoms with Gasteiger partial charge in [-0.3, -0.25) is 0 Å². The molecule has 0 radical (unpaired) electrons. The van der Waals surface area contributed by atoms with Gasteiger partial charge in [0.15, 0.2) is 11.5 Å². The number of methoxy groups -OCH3 is 2. The molecule has 21 heavy (non-hydrogen) atoms. The Morgan fingerprint density at radius 1 is 0.857 bits per heavy atom. The lowest BCUT2D eigenvalue weighted by molar-refractivity contribution is 0.354. The predicted molar refractivity (Wildman–Crippen MR) is 88.3 cm³/mol. The van der Waals surface area contributed by atoms with Crippen molar-refractivity contribution in [2.24, 2.45) is 0 Å². The molecule has 0 atom stereocenters. The molecule has 0 saturated heterocycles. The van der Waals surface area contributed by atoms with E-state index in [1.54, 1.807) is 26.0 Å². The molecule has 0 aliphatic carbocycles. The van der Waals surface area contributed by atoms with E-state index < -0.39 is 0 Å². The Labute approximate surface area is 130 Å². The van der Waals surface area contributed by atoms with Gasteiger partial charge >= 0.3 is 0 Å². The lowest BCUT2D eigenvalue weighted by Crippen LogP contribution is -2.12. The van der Waals surface area contributed by atoms with Gasteiger partial charge < -0.3 is 14.8 Å². The SMILES string of the molecule is COc1ccc(CNCc2ccc(SC)cc2)cc1OC. The highest BCUT2D eigenvalue weighted by atomic mass is 32.2. The summed E-state index contributed by atoms with van der Waals surface area (Å²) in [6, 6.07) is 14.6. The Kier molecular flexibility index (Phi) is 5.96. The van der Waals surface area contributed by atoms with Crippen molar-refractivity contribution in [2.75, 3.05) is 20.5 Å². The van der Waals surface area contributed by atoms with Crippen LogP contribution in [0.5, 0.6) is 11.5 Å². The molecule has 2 aromatic carbocycles. The summed E-state index contributed by atoms with van der Waals surface area (Å²) in [4.78, 5) is 1.29. The first-order valence-electron chi connectivity index (χ1n) is 6.81. The minimum Gasteiger partial charge on any atom is -0.493 e. The van der Waals surface area contributed by atoms with E-state index in [9.17, 15) is 0 Å². The Balaban J connectivity index is 1.90. The van der Waals surface area contributed by atoms with Crippen LogP contribution >= 0.6 is 11.8 Å². The van der Waals surface area contributed by atoms with Crippen molar-refractivity contribution in [2.45, 2.75) is 18.0 Å². The molecule has 0 heterocycles. The standard InChI is InChI=1S/C17H21NO2S/c1-19-16-9-6-14(10-17(16)20-2)12-18-11-13-4-7-15(21-3)8-5-13/h4-10,18H,11-12H2,1-3H3. The summed E-state index contributed by atoms with van der Waals surface area (Å²) < 4.78 is 10.6. The normalized spacial score (nSPS) is 10.4. The molecular formula is C17H21NO2S. The second-order valence-electron chi connectivity index (χ2n) is 4.64. The molecule has 112 valence electrons. The van der Waals surface area contributed by atoms with Crippen molar-refractivity contribution in [3.8, 4) is 11.5 Å². The maximum absolute atomic E-state index is 5.31. The second-order valence-corrected chi connectivity index (χ2v) is 5.52. The van der Waals surface area contributed by atoms with E-state index in [1.807, 2.05) is 18.2 Å². The van der Waals surface area contributed by atoms with E-state index in [0.29, 0.717) is 0 Å². The van der Waals surface area contributed by atoms with Gasteiger partial charge in [-0.1, -0.05) is 18.2 Å². The Bertz CT molecular complexity index is 570. The fraction of sp³-hybridized carbons (Fsp3) is 0.294. The second kappa shape index (κ2) is 7.96. The molecule has 3 nitrogen and oxygen atoms in total. The number of rotatable bonds is 7. The van der Waals surface area contributed by atoms with Crippen LogP contribution in [0.4, 0.5) is 0 Å². The van der Waals surface area contributed by atoms with Crippen LogP contribution in [0.25, 0.3) is 0 Å². The van der Waals surface area contributed by atoms with Gasteiger partial charge in [-0.05, 0) is 41.6 Å². The molecule has 0 unspecified atom stereocenters. The maximum atomic E-state index is 5.31. The summed E-state index contributed by atoms with van der Waals surface area (Å²) in [5, 5.41) is 3.44. The average molecular weight is 303 g/mol. The average Bonchev–Trinajstić information content (AvgIpc) is 2.55. The summed E-state index contributed by atoms with van der Waals surface area (Å²) in [6.45, 7) is 1.65. The number of hydrogen-bond acceptors (Lipinski definition) is 4. The van der Waals surface area contributed by atoms with E-state index >= 15 is 0 Å². The van der Waals surface area contributed by atoms with Crippen LogP contribution in [0, 0.1) is 0 Å². The third-order valence-corrected chi connectivity index (χ3v) is 4.01. The number of thioether (sulfide) groups is 1. The van der Waals surface area contributed by atoms with Crippen molar-refractivity contribution >= 4 is 11.8 Å². The number of nitrogens with one attached hydrogen (secondary N) is 1. The van der Waals surface area contributed by atoms with Crippen LogP contribution in [-0.4, -0.2) is 20.5 Å². The lowest BCUT2D eigenvalue weighted by atomic mass is 10.2. The summed E-state index contributed by atoms with van der Waals surface area (Å²) in [7, 11) is 3.30. The molecule has 0 aliphatic heterocycles. The summed E-state index contributed by atoms with van der Waals surface area (Å²) >= 11 is 1.76. The topological polar surface area (TPSA) is 30.5 Å². The highest BCUT2D eigenvalue weighted by molar-refractivity contribution is 7.98. The van der Waals surface area contributed by atoms with Crippen molar-refractivity contribution in [3.05, 3.63) is 53.6 Å². The molecule has 0 spiro atoms. The van der Waals surface area contributed by atoms with Gasteiger partial charge in [-0.15, -0.1) is 11.8 Å². The first-order valence-corrected chi connectivity index (χ1v) is 8.04. The smallest absolute Gasteiger partial charge is 0.161 e. The number of benzene rings is 2. The zero-order valence-electron chi connectivity index (χ0n) is 12.7. The van der Waals surface area contributed by atoms with E-state index in [2.05, 4.69) is 35.8 Å². The van der Waals surface area contributed by atoms with Crippen molar-refractivity contribution < 1.29 is 9.47 Å². The van der Waals surface area contributed by atoms with Gasteiger partial charge in [-0.2, -0.15) is 0 Å². The van der Waals surface area contributed by atoms with Gasteiger partial charge in [0.2, 0.25) is 0 Å². The Hall–Kier alpha value is -1.65. The minimum absolute atomic E-state index is 0.758. The van der Waals surface area contributed by atoms with Crippen LogP contribution < -0.4 is 14.8 Å². The van der Waals surface area contributed by atoms with Gasteiger partial charge in [0.05, 0.1) is 14.2 Å². The van der Waals surface area contributed by atoms with Gasteiger partial charge in [0, 0.05) is 18.0 Å². The molecule has 2 rings (SSSR count). The largest absolute Gasteiger partial charge is 0.493 e. The monoisotopic (exact) mass is 303 g/mol. The van der Waals surface area contributed by atoms with E-state index in [4.69, 9.17) is 9.47 Å². The van der Waals surface area contributed by atoms with Crippen molar-refractivity contribution in [1.82, 2.24) is 5.32 Å². The molecule has 1 N–H and O–H groups in total. The predicted octanol–water partition coefficient (Wildman–Crippen LogP) is 3.72. The van der Waals surface area contributed by atoms with Crippen LogP contribution in [0.3, 0.4) is 0 Å². The molecule has 0 bridgehead atoms. The first-order chi connectivity index (χ1) is 10.3. The van der Waals surface area contributed by atoms with Crippen molar-refractivity contribution in [1.29, 1.82) is 0 Å². The molecule has 0 saturated carbocycles. The lowest BCUT2D eigenvalue weighted by Gasteiger charge is -2.10. The number of ether oxygens (including phenoxy) is 2. The van der Waals surface area contributed by atoms with Gasteiger partial charge in [-0.25, -0.2) is 0 Å². The zero-order valence-corrected chi connectivity index (χ0v) is 13.5.